The number of nitrogens with one attached hydrogen (secondary N) is 1. The summed E-state index contributed by atoms with van der Waals surface area (Å²) in [6.07, 6.45) is 3.06. The molecule has 0 saturated carbocycles. The summed E-state index contributed by atoms with van der Waals surface area (Å²) >= 11 is 0. The van der Waals surface area contributed by atoms with Gasteiger partial charge in [0.2, 0.25) is 15.9 Å². The molecule has 1 heterocycles. The lowest BCUT2D eigenvalue weighted by Crippen LogP contribution is -2.32. The van der Waals surface area contributed by atoms with Gasteiger partial charge < -0.3 is 15.0 Å². The van der Waals surface area contributed by atoms with Crippen LogP contribution in [-0.4, -0.2) is 52.9 Å². The molecule has 1 aliphatic heterocycles. The van der Waals surface area contributed by atoms with Crippen LogP contribution in [0.15, 0.2) is 47.4 Å². The second kappa shape index (κ2) is 11.2. The molecule has 0 unspecified atom stereocenters. The van der Waals surface area contributed by atoms with Gasteiger partial charge in [-0.3, -0.25) is 4.79 Å². The summed E-state index contributed by atoms with van der Waals surface area (Å²) in [4.78, 5) is 15.3. The van der Waals surface area contributed by atoms with Crippen molar-refractivity contribution in [2.24, 2.45) is 5.92 Å². The molecule has 2 aromatic rings. The van der Waals surface area contributed by atoms with E-state index in [2.05, 4.69) is 41.4 Å². The SMILES string of the molecule is COc1ccc(S(=O)(=O)N(C)C)cc1CCC(=O)N[C@H](C)c1ccc(N2CCC(C)CC2)cc1. The van der Waals surface area contributed by atoms with Crippen LogP contribution in [0, 0.1) is 5.92 Å². The Labute approximate surface area is 204 Å². The van der Waals surface area contributed by atoms with Gasteiger partial charge in [-0.15, -0.1) is 0 Å². The fourth-order valence-electron chi connectivity index (χ4n) is 4.21. The van der Waals surface area contributed by atoms with E-state index in [1.54, 1.807) is 12.1 Å². The third kappa shape index (κ3) is 6.30. The summed E-state index contributed by atoms with van der Waals surface area (Å²) < 4.78 is 31.5. The number of ether oxygens (including phenoxy) is 1. The fraction of sp³-hybridized carbons (Fsp3) is 0.500. The van der Waals surface area contributed by atoms with Crippen molar-refractivity contribution in [2.45, 2.75) is 50.5 Å². The molecule has 34 heavy (non-hydrogen) atoms. The van der Waals surface area contributed by atoms with E-state index in [1.165, 1.54) is 50.1 Å². The normalized spacial score (nSPS) is 15.9. The smallest absolute Gasteiger partial charge is 0.242 e. The highest BCUT2D eigenvalue weighted by atomic mass is 32.2. The van der Waals surface area contributed by atoms with Gasteiger partial charge in [-0.2, -0.15) is 0 Å². The Kier molecular flexibility index (Phi) is 8.60. The third-order valence-corrected chi connectivity index (χ3v) is 8.38. The first-order valence-corrected chi connectivity index (χ1v) is 13.3. The maximum Gasteiger partial charge on any atom is 0.242 e. The van der Waals surface area contributed by atoms with Crippen LogP contribution in [0.1, 0.15) is 50.3 Å². The van der Waals surface area contributed by atoms with Gasteiger partial charge in [-0.1, -0.05) is 19.1 Å². The number of anilines is 1. The largest absolute Gasteiger partial charge is 0.496 e. The lowest BCUT2D eigenvalue weighted by Gasteiger charge is -2.32. The van der Waals surface area contributed by atoms with Crippen molar-refractivity contribution in [3.63, 3.8) is 0 Å². The number of carbonyl (C=O) groups is 1. The van der Waals surface area contributed by atoms with Crippen molar-refractivity contribution in [3.05, 3.63) is 53.6 Å². The Morgan fingerprint density at radius 1 is 1.15 bits per heavy atom. The van der Waals surface area contributed by atoms with E-state index in [4.69, 9.17) is 4.74 Å². The molecule has 1 N–H and O–H groups in total. The molecule has 0 aromatic heterocycles. The minimum absolute atomic E-state index is 0.0930. The van der Waals surface area contributed by atoms with Gasteiger partial charge in [0.05, 0.1) is 18.0 Å². The van der Waals surface area contributed by atoms with E-state index in [0.29, 0.717) is 17.7 Å². The predicted molar refractivity (Wildman–Crippen MR) is 136 cm³/mol. The summed E-state index contributed by atoms with van der Waals surface area (Å²) in [5.74, 6) is 1.27. The van der Waals surface area contributed by atoms with Crippen LogP contribution in [0.2, 0.25) is 0 Å². The Morgan fingerprint density at radius 3 is 2.38 bits per heavy atom. The van der Waals surface area contributed by atoms with Crippen LogP contribution in [0.4, 0.5) is 5.69 Å². The molecule has 7 nitrogen and oxygen atoms in total. The van der Waals surface area contributed by atoms with Gasteiger partial charge in [0.1, 0.15) is 5.75 Å². The molecule has 0 bridgehead atoms. The summed E-state index contributed by atoms with van der Waals surface area (Å²) in [5.41, 5.74) is 2.97. The third-order valence-electron chi connectivity index (χ3n) is 6.57. The number of rotatable bonds is 9. The first kappa shape index (κ1) is 26.0. The van der Waals surface area contributed by atoms with Gasteiger partial charge in [-0.05, 0) is 73.6 Å². The molecule has 0 spiro atoms. The topological polar surface area (TPSA) is 79.0 Å². The van der Waals surface area contributed by atoms with Crippen molar-refractivity contribution in [3.8, 4) is 5.75 Å². The molecule has 1 aliphatic rings. The Morgan fingerprint density at radius 2 is 1.79 bits per heavy atom. The van der Waals surface area contributed by atoms with Crippen LogP contribution < -0.4 is 15.0 Å². The molecule has 0 aliphatic carbocycles. The number of sulfonamides is 1. The van der Waals surface area contributed by atoms with Gasteiger partial charge in [0, 0.05) is 39.3 Å². The van der Waals surface area contributed by atoms with Crippen LogP contribution in [0.5, 0.6) is 5.75 Å². The highest BCUT2D eigenvalue weighted by Gasteiger charge is 2.20. The van der Waals surface area contributed by atoms with E-state index in [1.807, 2.05) is 6.92 Å². The Hall–Kier alpha value is -2.58. The second-order valence-electron chi connectivity index (χ2n) is 9.31. The predicted octanol–water partition coefficient (Wildman–Crippen LogP) is 3.99. The number of carbonyl (C=O) groups excluding carboxylic acids is 1. The van der Waals surface area contributed by atoms with E-state index in [-0.39, 0.29) is 23.3 Å². The van der Waals surface area contributed by atoms with Crippen LogP contribution in [-0.2, 0) is 21.2 Å². The molecule has 8 heteroatoms. The van der Waals surface area contributed by atoms with Crippen LogP contribution in [0.3, 0.4) is 0 Å². The highest BCUT2D eigenvalue weighted by Crippen LogP contribution is 2.26. The number of hydrogen-bond donors (Lipinski definition) is 1. The maximum atomic E-state index is 12.6. The molecule has 3 rings (SSSR count). The summed E-state index contributed by atoms with van der Waals surface area (Å²) in [6, 6.07) is 13.1. The minimum Gasteiger partial charge on any atom is -0.496 e. The Bertz CT molecular complexity index is 1080. The summed E-state index contributed by atoms with van der Waals surface area (Å²) in [6.45, 7) is 6.46. The lowest BCUT2D eigenvalue weighted by molar-refractivity contribution is -0.121. The number of methoxy groups -OCH3 is 1. The molecule has 1 fully saturated rings. The molecule has 186 valence electrons. The molecule has 0 radical (unpaired) electrons. The standard InChI is InChI=1S/C26H37N3O4S/c1-19-14-16-29(17-15-19)23-9-6-21(7-10-23)20(2)27-26(30)13-8-22-18-24(11-12-25(22)33-5)34(31,32)28(3)4/h6-7,9-12,18-20H,8,13-17H2,1-5H3,(H,27,30)/t20-/m1/s1. The van der Waals surface area contributed by atoms with Gasteiger partial charge in [0.25, 0.3) is 0 Å². The number of piperidine rings is 1. The van der Waals surface area contributed by atoms with E-state index >= 15 is 0 Å². The zero-order chi connectivity index (χ0) is 24.9. The number of benzene rings is 2. The van der Waals surface area contributed by atoms with Crippen molar-refractivity contribution in [1.82, 2.24) is 9.62 Å². The molecule has 1 amide bonds. The average Bonchev–Trinajstić information content (AvgIpc) is 2.83. The fourth-order valence-corrected chi connectivity index (χ4v) is 5.16. The van der Waals surface area contributed by atoms with Gasteiger partial charge in [-0.25, -0.2) is 12.7 Å². The van der Waals surface area contributed by atoms with E-state index in [9.17, 15) is 13.2 Å². The molecular weight excluding hydrogens is 450 g/mol. The summed E-state index contributed by atoms with van der Waals surface area (Å²) in [7, 11) is 0.965. The summed E-state index contributed by atoms with van der Waals surface area (Å²) in [5, 5.41) is 3.05. The minimum atomic E-state index is -3.56. The quantitative estimate of drug-likeness (QED) is 0.579. The van der Waals surface area contributed by atoms with Gasteiger partial charge >= 0.3 is 0 Å². The first-order chi connectivity index (χ1) is 16.1. The number of aryl methyl sites for hydroxylation is 1. The second-order valence-corrected chi connectivity index (χ2v) is 11.5. The maximum absolute atomic E-state index is 12.6. The highest BCUT2D eigenvalue weighted by molar-refractivity contribution is 7.89. The van der Waals surface area contributed by atoms with Crippen molar-refractivity contribution in [2.75, 3.05) is 39.2 Å². The molecule has 2 aromatic carbocycles. The Balaban J connectivity index is 1.59. The van der Waals surface area contributed by atoms with Crippen LogP contribution in [0.25, 0.3) is 0 Å². The zero-order valence-electron chi connectivity index (χ0n) is 20.9. The molecule has 1 saturated heterocycles. The number of nitrogens with zero attached hydrogens (tertiary/aromatic N) is 2. The number of hydrogen-bond acceptors (Lipinski definition) is 5. The lowest BCUT2D eigenvalue weighted by atomic mass is 9.98. The van der Waals surface area contributed by atoms with Gasteiger partial charge in [0.15, 0.2) is 0 Å². The van der Waals surface area contributed by atoms with Crippen molar-refractivity contribution in [1.29, 1.82) is 0 Å². The van der Waals surface area contributed by atoms with Crippen LogP contribution >= 0.6 is 0 Å². The monoisotopic (exact) mass is 487 g/mol. The molecule has 1 atom stereocenters. The van der Waals surface area contributed by atoms with E-state index < -0.39 is 10.0 Å². The van der Waals surface area contributed by atoms with Crippen molar-refractivity contribution < 1.29 is 17.9 Å². The van der Waals surface area contributed by atoms with E-state index in [0.717, 1.165) is 24.6 Å². The number of amides is 1. The van der Waals surface area contributed by atoms with Crippen molar-refractivity contribution >= 4 is 21.6 Å². The first-order valence-electron chi connectivity index (χ1n) is 11.9. The average molecular weight is 488 g/mol. The zero-order valence-corrected chi connectivity index (χ0v) is 21.7. The molecular formula is C26H37N3O4S.